The number of hydrogen-bond donors (Lipinski definition) is 3. The van der Waals surface area contributed by atoms with Crippen molar-refractivity contribution in [3.05, 3.63) is 35.9 Å². The van der Waals surface area contributed by atoms with Gasteiger partial charge in [0.15, 0.2) is 6.04 Å². The molecule has 1 rings (SSSR count). The number of rotatable bonds is 5. The lowest BCUT2D eigenvalue weighted by atomic mass is 10.00. The lowest BCUT2D eigenvalue weighted by molar-refractivity contribution is -0.144. The molecule has 0 bridgehead atoms. The van der Waals surface area contributed by atoms with Crippen molar-refractivity contribution in [2.24, 2.45) is 0 Å². The number of aliphatic carboxylic acids is 1. The van der Waals surface area contributed by atoms with Crippen molar-refractivity contribution < 1.29 is 19.8 Å². The van der Waals surface area contributed by atoms with Crippen molar-refractivity contribution in [1.29, 1.82) is 0 Å². The monoisotopic (exact) mass is 251 g/mol. The fraction of sp³-hybridized carbons (Fsp3) is 0.385. The van der Waals surface area contributed by atoms with Crippen LogP contribution in [0.5, 0.6) is 0 Å². The third kappa shape index (κ3) is 3.56. The van der Waals surface area contributed by atoms with Crippen LogP contribution in [0.4, 0.5) is 0 Å². The van der Waals surface area contributed by atoms with Gasteiger partial charge < -0.3 is 15.5 Å². The van der Waals surface area contributed by atoms with Crippen LogP contribution in [0.15, 0.2) is 30.3 Å². The number of benzene rings is 1. The van der Waals surface area contributed by atoms with E-state index in [1.807, 2.05) is 18.2 Å². The Morgan fingerprint density at radius 3 is 2.17 bits per heavy atom. The Morgan fingerprint density at radius 2 is 1.72 bits per heavy atom. The van der Waals surface area contributed by atoms with Crippen molar-refractivity contribution in [2.75, 3.05) is 0 Å². The summed E-state index contributed by atoms with van der Waals surface area (Å²) in [6, 6.07) is 7.75. The van der Waals surface area contributed by atoms with Crippen molar-refractivity contribution in [2.45, 2.75) is 31.9 Å². The molecule has 3 atom stereocenters. The fourth-order valence-electron chi connectivity index (χ4n) is 1.56. The minimum Gasteiger partial charge on any atom is -0.480 e. The Bertz CT molecular complexity index is 416. The summed E-state index contributed by atoms with van der Waals surface area (Å²) < 4.78 is 0. The average Bonchev–Trinajstić information content (AvgIpc) is 2.35. The maximum Gasteiger partial charge on any atom is 0.328 e. The minimum absolute atomic E-state index is 0.422. The van der Waals surface area contributed by atoms with Crippen molar-refractivity contribution in [1.82, 2.24) is 5.32 Å². The molecule has 0 saturated carbocycles. The van der Waals surface area contributed by atoms with E-state index >= 15 is 0 Å². The fourth-order valence-corrected chi connectivity index (χ4v) is 1.56. The zero-order valence-electron chi connectivity index (χ0n) is 10.3. The van der Waals surface area contributed by atoms with Gasteiger partial charge in [0.05, 0.1) is 12.0 Å². The van der Waals surface area contributed by atoms with Crippen molar-refractivity contribution in [3.8, 4) is 0 Å². The molecule has 1 aromatic rings. The van der Waals surface area contributed by atoms with E-state index < -0.39 is 29.9 Å². The highest BCUT2D eigenvalue weighted by Crippen LogP contribution is 2.14. The number of carbonyl (C=O) groups excluding carboxylic acids is 1. The largest absolute Gasteiger partial charge is 0.480 e. The number of nitrogens with one attached hydrogen (secondary N) is 1. The number of carboxylic acids is 1. The van der Waals surface area contributed by atoms with Gasteiger partial charge >= 0.3 is 5.97 Å². The average molecular weight is 251 g/mol. The van der Waals surface area contributed by atoms with Crippen molar-refractivity contribution >= 4 is 11.9 Å². The first-order valence-corrected chi connectivity index (χ1v) is 5.69. The van der Waals surface area contributed by atoms with Crippen LogP contribution < -0.4 is 5.32 Å². The van der Waals surface area contributed by atoms with Gasteiger partial charge in [0.1, 0.15) is 0 Å². The third-order valence-electron chi connectivity index (χ3n) is 2.74. The highest BCUT2D eigenvalue weighted by molar-refractivity contribution is 5.88. The van der Waals surface area contributed by atoms with E-state index in [4.69, 9.17) is 5.11 Å². The summed E-state index contributed by atoms with van der Waals surface area (Å²) in [7, 11) is 0. The van der Waals surface area contributed by atoms with Gasteiger partial charge in [0.2, 0.25) is 5.91 Å². The number of amides is 1. The molecule has 0 radical (unpaired) electrons. The summed E-state index contributed by atoms with van der Waals surface area (Å²) in [5.74, 6) is -2.14. The molecule has 18 heavy (non-hydrogen) atoms. The lowest BCUT2D eigenvalue weighted by Gasteiger charge is -2.20. The molecule has 0 aromatic heterocycles. The van der Waals surface area contributed by atoms with E-state index in [0.29, 0.717) is 0 Å². The zero-order chi connectivity index (χ0) is 13.7. The standard InChI is InChI=1S/C13H17NO4/c1-8(10-6-4-3-5-7-10)12(16)14-11(9(2)15)13(17)18/h3-9,11,15H,1-2H3,(H,14,16)(H,17,18)/t8?,9-,11+/m1/s1. The zero-order valence-corrected chi connectivity index (χ0v) is 10.3. The van der Waals surface area contributed by atoms with Crippen LogP contribution in [0.1, 0.15) is 25.3 Å². The minimum atomic E-state index is -1.29. The Hall–Kier alpha value is -1.88. The van der Waals surface area contributed by atoms with Crippen LogP contribution in [0, 0.1) is 0 Å². The Balaban J connectivity index is 2.73. The first-order valence-electron chi connectivity index (χ1n) is 5.69. The van der Waals surface area contributed by atoms with Gasteiger partial charge in [-0.05, 0) is 19.4 Å². The molecule has 1 unspecified atom stereocenters. The predicted octanol–water partition coefficient (Wildman–Crippen LogP) is 0.740. The van der Waals surface area contributed by atoms with E-state index in [-0.39, 0.29) is 0 Å². The molecule has 5 nitrogen and oxygen atoms in total. The molecule has 0 aliphatic heterocycles. The van der Waals surface area contributed by atoms with Crippen molar-refractivity contribution in [3.63, 3.8) is 0 Å². The summed E-state index contributed by atoms with van der Waals surface area (Å²) in [6.45, 7) is 3.01. The van der Waals surface area contributed by atoms with Gasteiger partial charge in [0.25, 0.3) is 0 Å². The molecule has 3 N–H and O–H groups in total. The van der Waals surface area contributed by atoms with Gasteiger partial charge in [-0.1, -0.05) is 30.3 Å². The molecule has 98 valence electrons. The second-order valence-corrected chi connectivity index (χ2v) is 4.20. The summed E-state index contributed by atoms with van der Waals surface area (Å²) in [5.41, 5.74) is 0.796. The first-order chi connectivity index (χ1) is 8.43. The first kappa shape index (κ1) is 14.2. The number of aliphatic hydroxyl groups is 1. The van der Waals surface area contributed by atoms with Gasteiger partial charge in [-0.15, -0.1) is 0 Å². The molecule has 5 heteroatoms. The predicted molar refractivity (Wildman–Crippen MR) is 66.1 cm³/mol. The second kappa shape index (κ2) is 6.16. The number of aliphatic hydroxyl groups excluding tert-OH is 1. The van der Waals surface area contributed by atoms with E-state index in [1.54, 1.807) is 19.1 Å². The number of carbonyl (C=O) groups is 2. The summed E-state index contributed by atoms with van der Waals surface area (Å²) in [4.78, 5) is 22.7. The Labute approximate surface area is 105 Å². The smallest absolute Gasteiger partial charge is 0.328 e. The number of hydrogen-bond acceptors (Lipinski definition) is 3. The lowest BCUT2D eigenvalue weighted by Crippen LogP contribution is -2.48. The van der Waals surface area contributed by atoms with E-state index in [2.05, 4.69) is 5.32 Å². The maximum atomic E-state index is 11.9. The topological polar surface area (TPSA) is 86.6 Å². The molecule has 1 aromatic carbocycles. The van der Waals surface area contributed by atoms with Crippen LogP contribution in [0.25, 0.3) is 0 Å². The van der Waals surface area contributed by atoms with E-state index in [1.165, 1.54) is 6.92 Å². The molecule has 0 aliphatic carbocycles. The molecule has 0 fully saturated rings. The van der Waals surface area contributed by atoms with Gasteiger partial charge in [0, 0.05) is 0 Å². The number of carboxylic acid groups (broad SMARTS) is 1. The normalized spacial score (nSPS) is 15.5. The summed E-state index contributed by atoms with van der Waals surface area (Å²) in [6.07, 6.45) is -1.14. The van der Waals surface area contributed by atoms with Gasteiger partial charge in [-0.3, -0.25) is 4.79 Å². The molecule has 1 amide bonds. The Morgan fingerprint density at radius 1 is 1.17 bits per heavy atom. The molecule has 0 aliphatic rings. The van der Waals surface area contributed by atoms with Crippen LogP contribution in [0.3, 0.4) is 0 Å². The SMILES string of the molecule is CC(C(=O)N[C@H](C(=O)O)[C@@H](C)O)c1ccccc1. The van der Waals surface area contributed by atoms with Crippen LogP contribution in [0.2, 0.25) is 0 Å². The summed E-state index contributed by atoms with van der Waals surface area (Å²) >= 11 is 0. The van der Waals surface area contributed by atoms with E-state index in [9.17, 15) is 14.7 Å². The van der Waals surface area contributed by atoms with Crippen LogP contribution in [-0.4, -0.2) is 34.2 Å². The second-order valence-electron chi connectivity index (χ2n) is 4.20. The molecule has 0 saturated heterocycles. The molecule has 0 heterocycles. The summed E-state index contributed by atoms with van der Waals surface area (Å²) in [5, 5.41) is 20.5. The maximum absolute atomic E-state index is 11.9. The van der Waals surface area contributed by atoms with Gasteiger partial charge in [-0.2, -0.15) is 0 Å². The highest BCUT2D eigenvalue weighted by atomic mass is 16.4. The molecular weight excluding hydrogens is 234 g/mol. The molecular formula is C13H17NO4. The quantitative estimate of drug-likeness (QED) is 0.720. The van der Waals surface area contributed by atoms with E-state index in [0.717, 1.165) is 5.56 Å². The van der Waals surface area contributed by atoms with Crippen LogP contribution >= 0.6 is 0 Å². The third-order valence-corrected chi connectivity index (χ3v) is 2.74. The van der Waals surface area contributed by atoms with Crippen LogP contribution in [-0.2, 0) is 9.59 Å². The Kier molecular flexibility index (Phi) is 4.85. The highest BCUT2D eigenvalue weighted by Gasteiger charge is 2.27. The molecule has 0 spiro atoms. The van der Waals surface area contributed by atoms with Gasteiger partial charge in [-0.25, -0.2) is 4.79 Å².